The minimum atomic E-state index is -3.99. The monoisotopic (exact) mass is 602 g/mol. The van der Waals surface area contributed by atoms with Gasteiger partial charge in [-0.15, -0.1) is 0 Å². The van der Waals surface area contributed by atoms with Gasteiger partial charge in [-0.2, -0.15) is 0 Å². The third kappa shape index (κ3) is 4.86. The summed E-state index contributed by atoms with van der Waals surface area (Å²) in [7, 11) is -0.613. The molecule has 0 N–H and O–H groups in total. The molecule has 0 saturated carbocycles. The van der Waals surface area contributed by atoms with Crippen molar-refractivity contribution in [1.82, 2.24) is 18.8 Å². The summed E-state index contributed by atoms with van der Waals surface area (Å²) in [6.45, 7) is 11.0. The van der Waals surface area contributed by atoms with E-state index in [1.807, 2.05) is 89.2 Å². The van der Waals surface area contributed by atoms with Crippen LogP contribution in [0.2, 0.25) is 0 Å². The zero-order chi connectivity index (χ0) is 30.9. The van der Waals surface area contributed by atoms with Crippen molar-refractivity contribution in [3.63, 3.8) is 0 Å². The average molecular weight is 603 g/mol. The number of carbonyl (C=O) groups is 1. The Morgan fingerprint density at radius 2 is 1.67 bits per heavy atom. The lowest BCUT2D eigenvalue weighted by atomic mass is 9.74. The Kier molecular flexibility index (Phi) is 7.04. The van der Waals surface area contributed by atoms with Crippen LogP contribution >= 0.6 is 0 Å². The maximum Gasteiger partial charge on any atom is 0.494 e. The maximum absolute atomic E-state index is 14.4. The van der Waals surface area contributed by atoms with Crippen molar-refractivity contribution in [2.45, 2.75) is 63.0 Å². The summed E-state index contributed by atoms with van der Waals surface area (Å²) in [6.07, 6.45) is 9.06. The summed E-state index contributed by atoms with van der Waals surface area (Å²) in [5.41, 5.74) is 2.09. The second-order valence-electron chi connectivity index (χ2n) is 13.3. The van der Waals surface area contributed by atoms with Gasteiger partial charge in [0.1, 0.15) is 4.75 Å². The molecule has 2 aromatic heterocycles. The third-order valence-electron chi connectivity index (χ3n) is 9.53. The predicted octanol–water partition coefficient (Wildman–Crippen LogP) is 4.54. The molecule has 2 saturated heterocycles. The second-order valence-corrected chi connectivity index (χ2v) is 15.6. The molecule has 3 aliphatic rings. The maximum atomic E-state index is 14.4. The van der Waals surface area contributed by atoms with Gasteiger partial charge in [0.15, 0.2) is 5.65 Å². The Hall–Kier alpha value is -3.25. The summed E-state index contributed by atoms with van der Waals surface area (Å²) in [4.78, 5) is 21.4. The summed E-state index contributed by atoms with van der Waals surface area (Å²) < 4.78 is 41.3. The number of aromatic nitrogens is 2. The normalized spacial score (nSPS) is 23.6. The molecule has 1 atom stereocenters. The van der Waals surface area contributed by atoms with E-state index in [1.54, 1.807) is 31.5 Å². The number of allylic oxidation sites excluding steroid dienone is 3. The van der Waals surface area contributed by atoms with Crippen LogP contribution in [0, 0.1) is 0 Å². The minimum Gasteiger partial charge on any atom is -0.399 e. The highest BCUT2D eigenvalue weighted by Crippen LogP contribution is 2.42. The van der Waals surface area contributed by atoms with E-state index in [-0.39, 0.29) is 5.91 Å². The van der Waals surface area contributed by atoms with Gasteiger partial charge < -0.3 is 19.1 Å². The zero-order valence-electron chi connectivity index (χ0n) is 25.9. The molecule has 0 bridgehead atoms. The fourth-order valence-electron chi connectivity index (χ4n) is 5.79. The Bertz CT molecular complexity index is 1740. The molecule has 43 heavy (non-hydrogen) atoms. The number of amides is 1. The van der Waals surface area contributed by atoms with Gasteiger partial charge in [0.2, 0.25) is 10.0 Å². The van der Waals surface area contributed by atoms with Crippen molar-refractivity contribution in [2.24, 2.45) is 0 Å². The van der Waals surface area contributed by atoms with Crippen LogP contribution in [0.4, 0.5) is 0 Å². The van der Waals surface area contributed by atoms with Crippen molar-refractivity contribution in [3.8, 4) is 11.1 Å². The number of likely N-dealkylation sites (N-methyl/N-ethyl adjacent to an activating group) is 1. The molecule has 1 amide bonds. The average Bonchev–Trinajstić information content (AvgIpc) is 3.41. The number of carbonyl (C=O) groups excluding carboxylic acids is 1. The second kappa shape index (κ2) is 10.2. The number of hydrogen-bond donors (Lipinski definition) is 0. The molecule has 11 heteroatoms. The fourth-order valence-corrected chi connectivity index (χ4v) is 7.44. The van der Waals surface area contributed by atoms with Crippen molar-refractivity contribution in [2.75, 3.05) is 27.2 Å². The first-order valence-corrected chi connectivity index (χ1v) is 16.1. The van der Waals surface area contributed by atoms with Crippen molar-refractivity contribution in [1.29, 1.82) is 0 Å². The first kappa shape index (κ1) is 29.8. The summed E-state index contributed by atoms with van der Waals surface area (Å²) in [5, 5.41) is 0.715. The molecule has 1 aliphatic carbocycles. The smallest absolute Gasteiger partial charge is 0.399 e. The van der Waals surface area contributed by atoms with E-state index in [2.05, 4.69) is 9.88 Å². The molecular formula is C32H39BN4O5S. The molecule has 226 valence electrons. The van der Waals surface area contributed by atoms with Crippen molar-refractivity contribution < 1.29 is 22.5 Å². The Morgan fingerprint density at radius 3 is 2.30 bits per heavy atom. The van der Waals surface area contributed by atoms with Crippen molar-refractivity contribution in [3.05, 3.63) is 78.1 Å². The summed E-state index contributed by atoms with van der Waals surface area (Å²) in [5.74, 6) is -0.000751. The first-order chi connectivity index (χ1) is 20.1. The number of nitrogens with zero attached hydrogens (tertiary/aromatic N) is 4. The van der Waals surface area contributed by atoms with E-state index < -0.39 is 33.1 Å². The number of hydrogen-bond acceptors (Lipinski definition) is 7. The number of likely N-dealkylation sites (tertiary alicyclic amines) is 1. The van der Waals surface area contributed by atoms with Gasteiger partial charge in [-0.3, -0.25) is 4.79 Å². The van der Waals surface area contributed by atoms with Crippen LogP contribution in [0.1, 0.15) is 51.4 Å². The fraction of sp³-hybridized carbons (Fsp3) is 0.438. The topological polar surface area (TPSA) is 94.0 Å². The Balaban J connectivity index is 1.32. The van der Waals surface area contributed by atoms with Crippen LogP contribution in [0.25, 0.3) is 22.2 Å². The van der Waals surface area contributed by atoms with Crippen LogP contribution in [0.5, 0.6) is 0 Å². The zero-order valence-corrected chi connectivity index (χ0v) is 26.7. The van der Waals surface area contributed by atoms with Gasteiger partial charge in [-0.05, 0) is 90.4 Å². The van der Waals surface area contributed by atoms with Crippen LogP contribution in [0.15, 0.2) is 72.5 Å². The van der Waals surface area contributed by atoms with Gasteiger partial charge >= 0.3 is 7.12 Å². The summed E-state index contributed by atoms with van der Waals surface area (Å²) >= 11 is 0. The molecular weight excluding hydrogens is 563 g/mol. The highest BCUT2D eigenvalue weighted by molar-refractivity contribution is 7.91. The highest BCUT2D eigenvalue weighted by atomic mass is 32.2. The van der Waals surface area contributed by atoms with Gasteiger partial charge in [0.05, 0.1) is 11.2 Å². The molecule has 2 fully saturated rings. The molecule has 1 unspecified atom stereocenters. The standard InChI is InChI=1S/C32H39BN4O5S/c1-30(2)31(3,4)42-33(41-30)24-10-8-16-32(5,18-24)43(39,40)37-21-27(26-11-9-17-34-28(26)37)22-12-14-23(15-13-22)29(38)36-19-25(20-36)35(6)7/h8-15,17-18,21,25H,16,19-20H2,1-7H3. The Morgan fingerprint density at radius 1 is 1.02 bits per heavy atom. The lowest BCUT2D eigenvalue weighted by Crippen LogP contribution is -2.59. The van der Waals surface area contributed by atoms with E-state index in [1.165, 1.54) is 3.97 Å². The molecule has 1 aromatic carbocycles. The molecule has 9 nitrogen and oxygen atoms in total. The van der Waals surface area contributed by atoms with Crippen LogP contribution in [-0.2, 0) is 19.3 Å². The first-order valence-electron chi connectivity index (χ1n) is 14.7. The quantitative estimate of drug-likeness (QED) is 0.383. The number of pyridine rings is 1. The molecule has 6 rings (SSSR count). The van der Waals surface area contributed by atoms with Gasteiger partial charge in [-0.25, -0.2) is 17.4 Å². The summed E-state index contributed by atoms with van der Waals surface area (Å²) in [6, 6.07) is 11.4. The Labute approximate surface area is 254 Å². The van der Waals surface area contributed by atoms with Gasteiger partial charge in [-0.1, -0.05) is 30.4 Å². The molecule has 0 radical (unpaired) electrons. The van der Waals surface area contributed by atoms with Crippen molar-refractivity contribution >= 4 is 34.1 Å². The number of fused-ring (bicyclic) bond motifs is 1. The van der Waals surface area contributed by atoms with Crippen LogP contribution in [-0.4, -0.2) is 89.4 Å². The molecule has 3 aromatic rings. The number of rotatable bonds is 6. The lowest BCUT2D eigenvalue weighted by molar-refractivity contribution is 0.00578. The van der Waals surface area contributed by atoms with E-state index in [9.17, 15) is 13.2 Å². The lowest BCUT2D eigenvalue weighted by Gasteiger charge is -2.42. The van der Waals surface area contributed by atoms with E-state index in [0.29, 0.717) is 47.6 Å². The molecule has 2 aliphatic heterocycles. The van der Waals surface area contributed by atoms with Gasteiger partial charge in [0.25, 0.3) is 5.91 Å². The van der Waals surface area contributed by atoms with E-state index in [0.717, 1.165) is 11.1 Å². The predicted molar refractivity (Wildman–Crippen MR) is 169 cm³/mol. The largest absolute Gasteiger partial charge is 0.494 e. The number of benzene rings is 1. The molecule has 4 heterocycles. The SMILES string of the molecule is CN(C)C1CN(C(=O)c2ccc(-c3cn(S(=O)(=O)C4(C)C=C(B5OC(C)(C)C(C)(C)O5)C=CC4)c4ncccc34)cc2)C1. The minimum absolute atomic E-state index is 0.000751. The third-order valence-corrected chi connectivity index (χ3v) is 11.8. The van der Waals surface area contributed by atoms with Crippen LogP contribution < -0.4 is 0 Å². The van der Waals surface area contributed by atoms with E-state index >= 15 is 0 Å². The molecule has 0 spiro atoms. The van der Waals surface area contributed by atoms with E-state index in [4.69, 9.17) is 9.31 Å². The highest BCUT2D eigenvalue weighted by Gasteiger charge is 2.53. The van der Waals surface area contributed by atoms with Crippen LogP contribution in [0.3, 0.4) is 0 Å². The van der Waals surface area contributed by atoms with Gasteiger partial charge in [0, 0.05) is 48.0 Å².